The standard InChI is InChI=1S/C41H30ClN3O5S/c42-35-22-21-31(25-34(35)41(49)50)44-40(48)37(27-12-3-1-4-13-27)51-32-19-10-18-30(24-32)43-39(47)36(45-38(46)28-14-5-2-6-15-28)23-29-17-9-16-26-11-7-8-20-33(26)29/h1-25,37H,(H,43,47)(H,44,48)(H,45,46)(H,49,50)/b36-23+. The number of halogens is 1. The minimum atomic E-state index is -1.21. The van der Waals surface area contributed by atoms with E-state index in [1.807, 2.05) is 78.9 Å². The van der Waals surface area contributed by atoms with Gasteiger partial charge in [-0.3, -0.25) is 14.4 Å². The summed E-state index contributed by atoms with van der Waals surface area (Å²) < 4.78 is 0. The molecular weight excluding hydrogens is 682 g/mol. The van der Waals surface area contributed by atoms with E-state index in [4.69, 9.17) is 11.6 Å². The van der Waals surface area contributed by atoms with Gasteiger partial charge in [0.2, 0.25) is 5.91 Å². The molecule has 8 nitrogen and oxygen atoms in total. The van der Waals surface area contributed by atoms with Crippen molar-refractivity contribution in [2.24, 2.45) is 0 Å². The number of carbonyl (C=O) groups excluding carboxylic acids is 3. The lowest BCUT2D eigenvalue weighted by molar-refractivity contribution is -0.116. The molecule has 0 spiro atoms. The third-order valence-electron chi connectivity index (χ3n) is 7.80. The molecule has 0 heterocycles. The number of carboxylic acids is 1. The van der Waals surface area contributed by atoms with Gasteiger partial charge in [-0.2, -0.15) is 0 Å². The number of nitrogens with one attached hydrogen (secondary N) is 3. The minimum Gasteiger partial charge on any atom is -0.478 e. The molecular formula is C41H30ClN3O5S. The van der Waals surface area contributed by atoms with E-state index in [-0.39, 0.29) is 27.9 Å². The molecule has 6 aromatic rings. The fourth-order valence-electron chi connectivity index (χ4n) is 5.33. The molecule has 0 fully saturated rings. The molecule has 252 valence electrons. The zero-order valence-corrected chi connectivity index (χ0v) is 28.4. The molecule has 6 aromatic carbocycles. The van der Waals surface area contributed by atoms with Gasteiger partial charge in [0, 0.05) is 21.8 Å². The van der Waals surface area contributed by atoms with Gasteiger partial charge >= 0.3 is 5.97 Å². The maximum Gasteiger partial charge on any atom is 0.337 e. The van der Waals surface area contributed by atoms with E-state index in [0.29, 0.717) is 21.7 Å². The highest BCUT2D eigenvalue weighted by molar-refractivity contribution is 8.00. The van der Waals surface area contributed by atoms with E-state index in [1.54, 1.807) is 54.6 Å². The highest BCUT2D eigenvalue weighted by atomic mass is 35.5. The van der Waals surface area contributed by atoms with Crippen LogP contribution in [-0.2, 0) is 9.59 Å². The summed E-state index contributed by atoms with van der Waals surface area (Å²) in [5, 5.41) is 19.2. The quantitative estimate of drug-likeness (QED) is 0.0785. The summed E-state index contributed by atoms with van der Waals surface area (Å²) in [5.41, 5.74) is 2.51. The lowest BCUT2D eigenvalue weighted by Gasteiger charge is -2.18. The summed E-state index contributed by atoms with van der Waals surface area (Å²) in [5.74, 6) is -2.57. The Kier molecular flexibility index (Phi) is 10.9. The van der Waals surface area contributed by atoms with Crippen LogP contribution in [0.4, 0.5) is 11.4 Å². The van der Waals surface area contributed by atoms with Crippen LogP contribution in [-0.4, -0.2) is 28.8 Å². The van der Waals surface area contributed by atoms with Gasteiger partial charge in [-0.05, 0) is 76.5 Å². The first-order valence-electron chi connectivity index (χ1n) is 15.8. The first-order valence-corrected chi connectivity index (χ1v) is 17.0. The number of carbonyl (C=O) groups is 4. The van der Waals surface area contributed by atoms with Crippen LogP contribution in [0.5, 0.6) is 0 Å². The average molecular weight is 712 g/mol. The number of carboxylic acid groups (broad SMARTS) is 1. The van der Waals surface area contributed by atoms with E-state index < -0.39 is 23.0 Å². The van der Waals surface area contributed by atoms with Crippen molar-refractivity contribution < 1.29 is 24.3 Å². The van der Waals surface area contributed by atoms with Crippen LogP contribution in [0.25, 0.3) is 16.8 Å². The van der Waals surface area contributed by atoms with Gasteiger partial charge < -0.3 is 21.1 Å². The fraction of sp³-hybridized carbons (Fsp3) is 0.0244. The molecule has 0 bridgehead atoms. The van der Waals surface area contributed by atoms with Gasteiger partial charge in [-0.25, -0.2) is 4.79 Å². The van der Waals surface area contributed by atoms with Gasteiger partial charge in [0.15, 0.2) is 0 Å². The second-order valence-corrected chi connectivity index (χ2v) is 12.9. The summed E-state index contributed by atoms with van der Waals surface area (Å²) in [7, 11) is 0. The molecule has 0 radical (unpaired) electrons. The average Bonchev–Trinajstić information content (AvgIpc) is 3.15. The molecule has 3 amide bonds. The maximum atomic E-state index is 13.9. The van der Waals surface area contributed by atoms with Gasteiger partial charge in [-0.1, -0.05) is 109 Å². The van der Waals surface area contributed by atoms with Gasteiger partial charge in [0.1, 0.15) is 10.9 Å². The second kappa shape index (κ2) is 16.0. The first-order chi connectivity index (χ1) is 24.7. The van der Waals surface area contributed by atoms with Gasteiger partial charge in [0.25, 0.3) is 11.8 Å². The summed E-state index contributed by atoms with van der Waals surface area (Å²) >= 11 is 7.28. The van der Waals surface area contributed by atoms with Crippen molar-refractivity contribution in [3.8, 4) is 0 Å². The van der Waals surface area contributed by atoms with Crippen LogP contribution in [0.3, 0.4) is 0 Å². The molecule has 0 aromatic heterocycles. The van der Waals surface area contributed by atoms with Crippen LogP contribution in [0.15, 0.2) is 156 Å². The van der Waals surface area contributed by atoms with Crippen molar-refractivity contribution in [2.75, 3.05) is 10.6 Å². The van der Waals surface area contributed by atoms with E-state index in [0.717, 1.165) is 16.3 Å². The van der Waals surface area contributed by atoms with E-state index >= 15 is 0 Å². The Bertz CT molecular complexity index is 2270. The third kappa shape index (κ3) is 8.72. The number of hydrogen-bond donors (Lipinski definition) is 4. The molecule has 6 rings (SSSR count). The smallest absolute Gasteiger partial charge is 0.337 e. The van der Waals surface area contributed by atoms with Crippen molar-refractivity contribution in [3.05, 3.63) is 179 Å². The van der Waals surface area contributed by atoms with E-state index in [9.17, 15) is 24.3 Å². The predicted octanol–water partition coefficient (Wildman–Crippen LogP) is 9.07. The molecule has 1 atom stereocenters. The molecule has 0 saturated heterocycles. The zero-order valence-electron chi connectivity index (χ0n) is 26.9. The Morgan fingerprint density at radius 1 is 0.686 bits per heavy atom. The summed E-state index contributed by atoms with van der Waals surface area (Å²) in [4.78, 5) is 53.1. The molecule has 0 aliphatic rings. The van der Waals surface area contributed by atoms with Crippen molar-refractivity contribution in [2.45, 2.75) is 10.1 Å². The SMILES string of the molecule is O=C(Nc1cccc(SC(C(=O)Nc2ccc(Cl)c(C(=O)O)c2)c2ccccc2)c1)/C(=C\c1cccc2ccccc12)NC(=O)c1ccccc1. The summed E-state index contributed by atoms with van der Waals surface area (Å²) in [6.07, 6.45) is 1.65. The number of thioether (sulfide) groups is 1. The first kappa shape index (κ1) is 34.7. The van der Waals surface area contributed by atoms with Crippen LogP contribution < -0.4 is 16.0 Å². The highest BCUT2D eigenvalue weighted by Gasteiger charge is 2.24. The number of hydrogen-bond acceptors (Lipinski definition) is 5. The third-order valence-corrected chi connectivity index (χ3v) is 9.38. The molecule has 4 N–H and O–H groups in total. The molecule has 0 aliphatic carbocycles. The maximum absolute atomic E-state index is 13.9. The van der Waals surface area contributed by atoms with Crippen molar-refractivity contribution >= 4 is 75.3 Å². The van der Waals surface area contributed by atoms with Gasteiger partial charge in [-0.15, -0.1) is 11.8 Å². The number of aromatic carboxylic acids is 1. The van der Waals surface area contributed by atoms with E-state index in [1.165, 1.54) is 30.0 Å². The van der Waals surface area contributed by atoms with E-state index in [2.05, 4.69) is 16.0 Å². The normalized spacial score (nSPS) is 11.7. The van der Waals surface area contributed by atoms with Crippen molar-refractivity contribution in [3.63, 3.8) is 0 Å². The largest absolute Gasteiger partial charge is 0.478 e. The number of benzene rings is 6. The lowest BCUT2D eigenvalue weighted by Crippen LogP contribution is -2.30. The Labute approximate surface area is 303 Å². The second-order valence-electron chi connectivity index (χ2n) is 11.3. The predicted molar refractivity (Wildman–Crippen MR) is 203 cm³/mol. The molecule has 51 heavy (non-hydrogen) atoms. The molecule has 1 unspecified atom stereocenters. The van der Waals surface area contributed by atoms with Crippen molar-refractivity contribution in [1.29, 1.82) is 0 Å². The molecule has 10 heteroatoms. The van der Waals surface area contributed by atoms with Crippen LogP contribution >= 0.6 is 23.4 Å². The lowest BCUT2D eigenvalue weighted by atomic mass is 10.0. The minimum absolute atomic E-state index is 0.0449. The monoisotopic (exact) mass is 711 g/mol. The Morgan fingerprint density at radius 2 is 1.35 bits per heavy atom. The Morgan fingerprint density at radius 3 is 2.12 bits per heavy atom. The Balaban J connectivity index is 1.27. The number of amides is 3. The highest BCUT2D eigenvalue weighted by Crippen LogP contribution is 2.37. The number of rotatable bonds is 11. The van der Waals surface area contributed by atoms with Crippen LogP contribution in [0.1, 0.15) is 37.1 Å². The fourth-order valence-corrected chi connectivity index (χ4v) is 6.61. The number of anilines is 2. The topological polar surface area (TPSA) is 125 Å². The van der Waals surface area contributed by atoms with Crippen LogP contribution in [0.2, 0.25) is 5.02 Å². The van der Waals surface area contributed by atoms with Crippen LogP contribution in [0, 0.1) is 0 Å². The Hall–Kier alpha value is -6.16. The van der Waals surface area contributed by atoms with Crippen molar-refractivity contribution in [1.82, 2.24) is 5.32 Å². The van der Waals surface area contributed by atoms with Gasteiger partial charge in [0.05, 0.1) is 10.6 Å². The summed E-state index contributed by atoms with van der Waals surface area (Å²) in [6, 6.07) is 42.6. The molecule has 0 saturated carbocycles. The molecule has 0 aliphatic heterocycles. The summed E-state index contributed by atoms with van der Waals surface area (Å²) in [6.45, 7) is 0. The zero-order chi connectivity index (χ0) is 35.7. The number of fused-ring (bicyclic) bond motifs is 1.